The highest BCUT2D eigenvalue weighted by Crippen LogP contribution is 2.22. The van der Waals surface area contributed by atoms with Gasteiger partial charge in [0.25, 0.3) is 17.4 Å². The summed E-state index contributed by atoms with van der Waals surface area (Å²) in [7, 11) is 0. The second-order valence-corrected chi connectivity index (χ2v) is 8.33. The first-order chi connectivity index (χ1) is 16.3. The fourth-order valence-electron chi connectivity index (χ4n) is 3.26. The molecule has 0 saturated heterocycles. The summed E-state index contributed by atoms with van der Waals surface area (Å²) in [6, 6.07) is 19.4. The molecule has 1 aromatic heterocycles. The zero-order valence-electron chi connectivity index (χ0n) is 17.9. The van der Waals surface area contributed by atoms with Gasteiger partial charge in [0.05, 0.1) is 0 Å². The molecule has 0 bridgehead atoms. The predicted octanol–water partition coefficient (Wildman–Crippen LogP) is 5.56. The highest BCUT2D eigenvalue weighted by molar-refractivity contribution is 6.35. The Morgan fingerprint density at radius 1 is 0.794 bits per heavy atom. The van der Waals surface area contributed by atoms with Crippen molar-refractivity contribution in [3.05, 3.63) is 110 Å². The number of amides is 2. The van der Waals surface area contributed by atoms with Gasteiger partial charge in [0.2, 0.25) is 0 Å². The molecule has 7 nitrogen and oxygen atoms in total. The van der Waals surface area contributed by atoms with Crippen LogP contribution in [0.15, 0.2) is 77.6 Å². The Labute approximate surface area is 204 Å². The number of aryl methyl sites for hydroxylation is 1. The lowest BCUT2D eigenvalue weighted by Gasteiger charge is -2.09. The van der Waals surface area contributed by atoms with Crippen molar-refractivity contribution in [1.29, 1.82) is 0 Å². The normalized spacial score (nSPS) is 10.6. The number of H-pyrrole nitrogens is 1. The Hall–Kier alpha value is -3.94. The minimum Gasteiger partial charge on any atom is -0.322 e. The average molecular weight is 493 g/mol. The van der Waals surface area contributed by atoms with Gasteiger partial charge >= 0.3 is 0 Å². The van der Waals surface area contributed by atoms with E-state index in [9.17, 15) is 14.4 Å². The highest BCUT2D eigenvalue weighted by atomic mass is 35.5. The van der Waals surface area contributed by atoms with E-state index in [0.29, 0.717) is 49.6 Å². The van der Waals surface area contributed by atoms with Gasteiger partial charge in [-0.15, -0.1) is 0 Å². The van der Waals surface area contributed by atoms with Gasteiger partial charge in [0, 0.05) is 49.9 Å². The second-order valence-electron chi connectivity index (χ2n) is 7.46. The number of carbonyl (C=O) groups excluding carboxylic acids is 2. The summed E-state index contributed by atoms with van der Waals surface area (Å²) in [5, 5.41) is 6.28. The van der Waals surface area contributed by atoms with Crippen LogP contribution in [0.5, 0.6) is 0 Å². The van der Waals surface area contributed by atoms with Crippen LogP contribution in [0, 0.1) is 6.92 Å². The minimum absolute atomic E-state index is 0.248. The van der Waals surface area contributed by atoms with E-state index in [1.165, 1.54) is 18.2 Å². The van der Waals surface area contributed by atoms with Crippen molar-refractivity contribution in [2.45, 2.75) is 6.92 Å². The summed E-state index contributed by atoms with van der Waals surface area (Å²) in [5.41, 5.74) is 2.79. The molecule has 0 radical (unpaired) electrons. The Morgan fingerprint density at radius 2 is 1.44 bits per heavy atom. The van der Waals surface area contributed by atoms with Gasteiger partial charge < -0.3 is 15.6 Å². The molecule has 0 spiro atoms. The topological polar surface area (TPSA) is 104 Å². The number of hydrogen-bond donors (Lipinski definition) is 3. The molecule has 0 saturated carbocycles. The van der Waals surface area contributed by atoms with Gasteiger partial charge in [-0.1, -0.05) is 35.3 Å². The Balaban J connectivity index is 1.45. The van der Waals surface area contributed by atoms with Crippen molar-refractivity contribution in [3.63, 3.8) is 0 Å². The molecule has 3 N–H and O–H groups in total. The van der Waals surface area contributed by atoms with Gasteiger partial charge in [-0.05, 0) is 61.5 Å². The summed E-state index contributed by atoms with van der Waals surface area (Å²) < 4.78 is 0. The quantitative estimate of drug-likeness (QED) is 0.339. The monoisotopic (exact) mass is 492 g/mol. The number of nitrogens with zero attached hydrogens (tertiary/aromatic N) is 1. The molecule has 4 aromatic rings. The lowest BCUT2D eigenvalue weighted by molar-refractivity contribution is 0.102. The lowest BCUT2D eigenvalue weighted by Crippen LogP contribution is -2.14. The van der Waals surface area contributed by atoms with E-state index in [2.05, 4.69) is 20.6 Å². The number of nitrogens with one attached hydrogen (secondary N) is 3. The first-order valence-electron chi connectivity index (χ1n) is 10.1. The van der Waals surface area contributed by atoms with Gasteiger partial charge in [-0.3, -0.25) is 14.4 Å². The van der Waals surface area contributed by atoms with E-state index in [4.69, 9.17) is 23.2 Å². The summed E-state index contributed by atoms with van der Waals surface area (Å²) in [4.78, 5) is 43.9. The number of anilines is 2. The van der Waals surface area contributed by atoms with E-state index in [1.54, 1.807) is 61.5 Å². The van der Waals surface area contributed by atoms with Crippen LogP contribution >= 0.6 is 23.2 Å². The van der Waals surface area contributed by atoms with Crippen LogP contribution in [-0.2, 0) is 0 Å². The first-order valence-corrected chi connectivity index (χ1v) is 10.9. The fraction of sp³-hybridized carbons (Fsp3) is 0.0400. The van der Waals surface area contributed by atoms with Crippen LogP contribution < -0.4 is 16.2 Å². The SMILES string of the molecule is Cc1cc(=O)[nH]c(-c2cccc(NC(=O)c3ccc(NC(=O)c4cc(Cl)cc(Cl)c4)cc3)c2)n1. The third-order valence-electron chi connectivity index (χ3n) is 4.79. The number of aromatic nitrogens is 2. The molecule has 0 aliphatic heterocycles. The van der Waals surface area contributed by atoms with Crippen molar-refractivity contribution >= 4 is 46.4 Å². The largest absolute Gasteiger partial charge is 0.322 e. The van der Waals surface area contributed by atoms with Gasteiger partial charge in [-0.25, -0.2) is 4.98 Å². The van der Waals surface area contributed by atoms with Crippen LogP contribution in [0.1, 0.15) is 26.4 Å². The first kappa shape index (κ1) is 23.2. The van der Waals surface area contributed by atoms with Gasteiger partial charge in [-0.2, -0.15) is 0 Å². The molecule has 9 heteroatoms. The molecule has 0 aliphatic carbocycles. The number of halogens is 2. The van der Waals surface area contributed by atoms with Gasteiger partial charge in [0.15, 0.2) is 0 Å². The number of benzene rings is 3. The molecule has 34 heavy (non-hydrogen) atoms. The molecule has 1 heterocycles. The molecule has 0 fully saturated rings. The predicted molar refractivity (Wildman–Crippen MR) is 134 cm³/mol. The van der Waals surface area contributed by atoms with E-state index >= 15 is 0 Å². The molecule has 0 atom stereocenters. The summed E-state index contributed by atoms with van der Waals surface area (Å²) in [6.07, 6.45) is 0. The third-order valence-corrected chi connectivity index (χ3v) is 5.23. The Kier molecular flexibility index (Phi) is 6.77. The standard InChI is InChI=1S/C25H18Cl2N4O3/c1-14-9-22(32)31-23(28-14)16-3-2-4-21(12-16)30-24(33)15-5-7-20(8-6-15)29-25(34)17-10-18(26)13-19(27)11-17/h2-13H,1H3,(H,29,34)(H,30,33)(H,28,31,32). The maximum absolute atomic E-state index is 12.7. The van der Waals surface area contributed by atoms with Crippen molar-refractivity contribution in [2.75, 3.05) is 10.6 Å². The zero-order chi connectivity index (χ0) is 24.2. The average Bonchev–Trinajstić information content (AvgIpc) is 2.78. The van der Waals surface area contributed by atoms with E-state index < -0.39 is 0 Å². The maximum Gasteiger partial charge on any atom is 0.255 e. The number of hydrogen-bond acceptors (Lipinski definition) is 4. The van der Waals surface area contributed by atoms with Crippen molar-refractivity contribution in [3.8, 4) is 11.4 Å². The highest BCUT2D eigenvalue weighted by Gasteiger charge is 2.11. The second kappa shape index (κ2) is 9.91. The summed E-state index contributed by atoms with van der Waals surface area (Å²) in [6.45, 7) is 1.74. The van der Waals surface area contributed by atoms with E-state index in [1.807, 2.05) is 0 Å². The molecule has 170 valence electrons. The number of aromatic amines is 1. The third kappa shape index (κ3) is 5.70. The smallest absolute Gasteiger partial charge is 0.255 e. The minimum atomic E-state index is -0.374. The van der Waals surface area contributed by atoms with Crippen LogP contribution in [-0.4, -0.2) is 21.8 Å². The molecule has 0 unspecified atom stereocenters. The molecular weight excluding hydrogens is 475 g/mol. The molecule has 4 rings (SSSR count). The Morgan fingerprint density at radius 3 is 2.12 bits per heavy atom. The van der Waals surface area contributed by atoms with E-state index in [-0.39, 0.29) is 17.4 Å². The molecule has 2 amide bonds. The summed E-state index contributed by atoms with van der Waals surface area (Å²) in [5.74, 6) is -0.286. The van der Waals surface area contributed by atoms with Crippen molar-refractivity contribution in [2.24, 2.45) is 0 Å². The number of rotatable bonds is 5. The van der Waals surface area contributed by atoms with Crippen molar-refractivity contribution in [1.82, 2.24) is 9.97 Å². The molecule has 0 aliphatic rings. The lowest BCUT2D eigenvalue weighted by atomic mass is 10.1. The maximum atomic E-state index is 12.7. The summed E-state index contributed by atoms with van der Waals surface area (Å²) >= 11 is 11.9. The van der Waals surface area contributed by atoms with Crippen LogP contribution in [0.4, 0.5) is 11.4 Å². The van der Waals surface area contributed by atoms with E-state index in [0.717, 1.165) is 0 Å². The van der Waals surface area contributed by atoms with Crippen molar-refractivity contribution < 1.29 is 9.59 Å². The molecular formula is C25H18Cl2N4O3. The van der Waals surface area contributed by atoms with Crippen LogP contribution in [0.3, 0.4) is 0 Å². The fourth-order valence-corrected chi connectivity index (χ4v) is 3.78. The molecule has 3 aromatic carbocycles. The van der Waals surface area contributed by atoms with Crippen LogP contribution in [0.2, 0.25) is 10.0 Å². The van der Waals surface area contributed by atoms with Crippen LogP contribution in [0.25, 0.3) is 11.4 Å². The number of carbonyl (C=O) groups is 2. The van der Waals surface area contributed by atoms with Gasteiger partial charge in [0.1, 0.15) is 5.82 Å². The zero-order valence-corrected chi connectivity index (χ0v) is 19.4. The Bertz CT molecular complexity index is 1430.